The zero-order valence-corrected chi connectivity index (χ0v) is 12.8. The van der Waals surface area contributed by atoms with E-state index in [0.717, 1.165) is 18.6 Å². The van der Waals surface area contributed by atoms with Crippen molar-refractivity contribution in [3.63, 3.8) is 0 Å². The van der Waals surface area contributed by atoms with Crippen molar-refractivity contribution in [1.82, 2.24) is 0 Å². The molecule has 0 aliphatic carbocycles. The minimum Gasteiger partial charge on any atom is -0.494 e. The van der Waals surface area contributed by atoms with Crippen LogP contribution in [-0.2, 0) is 9.78 Å². The molecule has 0 amide bonds. The summed E-state index contributed by atoms with van der Waals surface area (Å²) < 4.78 is 5.52. The number of carbonyl (C=O) groups excluding carboxylic acids is 1. The molecule has 0 atom stereocenters. The van der Waals surface area contributed by atoms with Crippen molar-refractivity contribution >= 4 is 5.97 Å². The van der Waals surface area contributed by atoms with Gasteiger partial charge in [0, 0.05) is 0 Å². The van der Waals surface area contributed by atoms with Crippen molar-refractivity contribution in [1.29, 1.82) is 0 Å². The highest BCUT2D eigenvalue weighted by Gasteiger charge is 2.14. The zero-order valence-electron chi connectivity index (χ0n) is 12.8. The summed E-state index contributed by atoms with van der Waals surface area (Å²) in [7, 11) is 0. The van der Waals surface area contributed by atoms with E-state index < -0.39 is 5.97 Å². The third kappa shape index (κ3) is 6.57. The molecule has 20 heavy (non-hydrogen) atoms. The number of unbranched alkanes of at least 4 members (excludes halogenated alkanes) is 1. The summed E-state index contributed by atoms with van der Waals surface area (Å²) in [5, 5.41) is 0. The molecule has 4 heteroatoms. The Kier molecular flexibility index (Phi) is 6.52. The van der Waals surface area contributed by atoms with Gasteiger partial charge in [0.2, 0.25) is 0 Å². The number of ether oxygens (including phenoxy) is 1. The van der Waals surface area contributed by atoms with Gasteiger partial charge in [0.15, 0.2) is 0 Å². The number of carbonyl (C=O) groups is 1. The van der Waals surface area contributed by atoms with E-state index >= 15 is 0 Å². The number of rotatable bonds is 7. The highest BCUT2D eigenvalue weighted by Crippen LogP contribution is 2.15. The number of hydrogen-bond acceptors (Lipinski definition) is 4. The van der Waals surface area contributed by atoms with Gasteiger partial charge in [-0.15, -0.1) is 0 Å². The molecule has 0 heterocycles. The number of hydrogen-bond donors (Lipinski definition) is 0. The van der Waals surface area contributed by atoms with Gasteiger partial charge in [0.05, 0.1) is 18.8 Å². The van der Waals surface area contributed by atoms with Crippen molar-refractivity contribution in [2.45, 2.75) is 40.5 Å². The Balaban J connectivity index is 2.41. The van der Waals surface area contributed by atoms with Crippen LogP contribution in [0.3, 0.4) is 0 Å². The second kappa shape index (κ2) is 7.90. The summed E-state index contributed by atoms with van der Waals surface area (Å²) in [5.41, 5.74) is 0.402. The molecule has 0 aromatic heterocycles. The lowest BCUT2D eigenvalue weighted by Crippen LogP contribution is -2.17. The lowest BCUT2D eigenvalue weighted by atomic mass is 9.99. The highest BCUT2D eigenvalue weighted by atomic mass is 17.2. The van der Waals surface area contributed by atoms with E-state index in [1.54, 1.807) is 24.3 Å². The van der Waals surface area contributed by atoms with Gasteiger partial charge in [-0.2, -0.15) is 4.89 Å². The van der Waals surface area contributed by atoms with Crippen LogP contribution >= 0.6 is 0 Å². The van der Waals surface area contributed by atoms with Crippen molar-refractivity contribution in [2.24, 2.45) is 5.41 Å². The Hall–Kier alpha value is -1.55. The Morgan fingerprint density at radius 1 is 1.15 bits per heavy atom. The average molecular weight is 280 g/mol. The van der Waals surface area contributed by atoms with Crippen LogP contribution in [0.15, 0.2) is 24.3 Å². The Morgan fingerprint density at radius 3 is 2.35 bits per heavy atom. The SMILES string of the molecule is CCCCOc1ccc(C(=O)OOCC(C)(C)C)cc1. The van der Waals surface area contributed by atoms with Crippen LogP contribution in [0.4, 0.5) is 0 Å². The van der Waals surface area contributed by atoms with Crippen molar-refractivity contribution in [2.75, 3.05) is 13.2 Å². The summed E-state index contributed by atoms with van der Waals surface area (Å²) in [4.78, 5) is 21.4. The molecule has 4 nitrogen and oxygen atoms in total. The van der Waals surface area contributed by atoms with E-state index in [9.17, 15) is 4.79 Å². The average Bonchev–Trinajstić information content (AvgIpc) is 2.38. The normalized spacial score (nSPS) is 11.2. The summed E-state index contributed by atoms with van der Waals surface area (Å²) in [5.74, 6) is 0.264. The van der Waals surface area contributed by atoms with Gasteiger partial charge in [-0.25, -0.2) is 4.79 Å². The first-order valence-corrected chi connectivity index (χ1v) is 6.99. The van der Waals surface area contributed by atoms with Gasteiger partial charge < -0.3 is 4.74 Å². The lowest BCUT2D eigenvalue weighted by Gasteiger charge is -2.16. The van der Waals surface area contributed by atoms with E-state index in [4.69, 9.17) is 14.5 Å². The smallest absolute Gasteiger partial charge is 0.373 e. The predicted octanol–water partition coefficient (Wildman–Crippen LogP) is 4.00. The molecule has 1 rings (SSSR count). The topological polar surface area (TPSA) is 44.8 Å². The summed E-state index contributed by atoms with van der Waals surface area (Å²) in [6.45, 7) is 9.17. The lowest BCUT2D eigenvalue weighted by molar-refractivity contribution is -0.255. The summed E-state index contributed by atoms with van der Waals surface area (Å²) in [6.07, 6.45) is 2.11. The highest BCUT2D eigenvalue weighted by molar-refractivity contribution is 5.89. The molecule has 0 aliphatic heterocycles. The molecule has 0 aliphatic rings. The van der Waals surface area contributed by atoms with Crippen LogP contribution in [0.5, 0.6) is 5.75 Å². The van der Waals surface area contributed by atoms with E-state index in [1.165, 1.54) is 0 Å². The molecular formula is C16H24O4. The molecule has 0 saturated heterocycles. The first kappa shape index (κ1) is 16.5. The van der Waals surface area contributed by atoms with Gasteiger partial charge in [-0.1, -0.05) is 34.1 Å². The van der Waals surface area contributed by atoms with Gasteiger partial charge in [-0.3, -0.25) is 4.89 Å². The zero-order chi connectivity index (χ0) is 15.0. The maximum Gasteiger partial charge on any atom is 0.373 e. The van der Waals surface area contributed by atoms with Gasteiger partial charge in [0.25, 0.3) is 0 Å². The van der Waals surface area contributed by atoms with Gasteiger partial charge in [-0.05, 0) is 36.1 Å². The second-order valence-corrected chi connectivity index (χ2v) is 5.92. The summed E-state index contributed by atoms with van der Waals surface area (Å²) in [6, 6.07) is 6.86. The van der Waals surface area contributed by atoms with Crippen molar-refractivity contribution in [3.8, 4) is 5.75 Å². The fraction of sp³-hybridized carbons (Fsp3) is 0.562. The van der Waals surface area contributed by atoms with Crippen LogP contribution in [0.2, 0.25) is 0 Å². The third-order valence-corrected chi connectivity index (χ3v) is 2.48. The fourth-order valence-corrected chi connectivity index (χ4v) is 1.33. The van der Waals surface area contributed by atoms with Crippen molar-refractivity contribution in [3.05, 3.63) is 29.8 Å². The quantitative estimate of drug-likeness (QED) is 0.430. The Morgan fingerprint density at radius 2 is 1.80 bits per heavy atom. The largest absolute Gasteiger partial charge is 0.494 e. The fourth-order valence-electron chi connectivity index (χ4n) is 1.33. The van der Waals surface area contributed by atoms with Gasteiger partial charge >= 0.3 is 5.97 Å². The van der Waals surface area contributed by atoms with Crippen LogP contribution in [0.25, 0.3) is 0 Å². The van der Waals surface area contributed by atoms with Crippen LogP contribution in [-0.4, -0.2) is 19.2 Å². The van der Waals surface area contributed by atoms with Crippen LogP contribution < -0.4 is 4.74 Å². The van der Waals surface area contributed by atoms with Crippen LogP contribution in [0.1, 0.15) is 50.9 Å². The molecule has 112 valence electrons. The number of benzene rings is 1. The standard InChI is InChI=1S/C16H24O4/c1-5-6-11-18-14-9-7-13(8-10-14)15(17)20-19-12-16(2,3)4/h7-10H,5-6,11-12H2,1-4H3. The van der Waals surface area contributed by atoms with E-state index in [1.807, 2.05) is 20.8 Å². The Labute approximate surface area is 121 Å². The first-order chi connectivity index (χ1) is 9.42. The van der Waals surface area contributed by atoms with E-state index in [2.05, 4.69) is 6.92 Å². The summed E-state index contributed by atoms with van der Waals surface area (Å²) >= 11 is 0. The molecule has 0 radical (unpaired) electrons. The van der Waals surface area contributed by atoms with E-state index in [0.29, 0.717) is 18.8 Å². The maximum atomic E-state index is 11.7. The molecule has 0 bridgehead atoms. The minimum absolute atomic E-state index is 0.0444. The van der Waals surface area contributed by atoms with E-state index in [-0.39, 0.29) is 5.41 Å². The molecule has 1 aromatic carbocycles. The third-order valence-electron chi connectivity index (χ3n) is 2.48. The monoisotopic (exact) mass is 280 g/mol. The maximum absolute atomic E-state index is 11.7. The molecule has 0 unspecified atom stereocenters. The molecule has 1 aromatic rings. The van der Waals surface area contributed by atoms with Crippen molar-refractivity contribution < 1.29 is 19.3 Å². The Bertz CT molecular complexity index is 403. The minimum atomic E-state index is -0.491. The van der Waals surface area contributed by atoms with Gasteiger partial charge in [0.1, 0.15) is 5.75 Å². The molecule has 0 spiro atoms. The molecule has 0 N–H and O–H groups in total. The molecule has 0 fully saturated rings. The molecule has 0 saturated carbocycles. The first-order valence-electron chi connectivity index (χ1n) is 6.99. The molecular weight excluding hydrogens is 256 g/mol. The second-order valence-electron chi connectivity index (χ2n) is 5.92. The van der Waals surface area contributed by atoms with Crippen LogP contribution in [0, 0.1) is 5.41 Å². The predicted molar refractivity (Wildman–Crippen MR) is 77.7 cm³/mol.